The first-order valence-electron chi connectivity index (χ1n) is 8.59. The standard InChI is InChI=1S/C19H19N3O3S/c1-25-14-6-4-5-13(11-14)16-7-2-3-8-21(16)17(23)15-12-20-19-22(18(15)24)9-10-26-19/h4-6,9-12,16H,2-3,7-8H2,1H3. The number of benzene rings is 1. The molecule has 1 atom stereocenters. The largest absolute Gasteiger partial charge is 0.497 e. The minimum atomic E-state index is -0.309. The van der Waals surface area contributed by atoms with Gasteiger partial charge in [0.15, 0.2) is 4.96 Å². The number of hydrogen-bond acceptors (Lipinski definition) is 5. The summed E-state index contributed by atoms with van der Waals surface area (Å²) in [6.07, 6.45) is 5.91. The maximum absolute atomic E-state index is 13.2. The van der Waals surface area contributed by atoms with Crippen molar-refractivity contribution in [1.82, 2.24) is 14.3 Å². The van der Waals surface area contributed by atoms with E-state index >= 15 is 0 Å². The number of thiazole rings is 1. The highest BCUT2D eigenvalue weighted by atomic mass is 32.1. The fraction of sp³-hybridized carbons (Fsp3) is 0.316. The third-order valence-corrected chi connectivity index (χ3v) is 5.59. The summed E-state index contributed by atoms with van der Waals surface area (Å²) in [4.78, 5) is 32.5. The Morgan fingerprint density at radius 3 is 3.08 bits per heavy atom. The van der Waals surface area contributed by atoms with Gasteiger partial charge < -0.3 is 9.64 Å². The average Bonchev–Trinajstić information content (AvgIpc) is 3.17. The van der Waals surface area contributed by atoms with Crippen LogP contribution in [0.5, 0.6) is 5.75 Å². The zero-order valence-corrected chi connectivity index (χ0v) is 15.2. The molecule has 2 aromatic heterocycles. The Bertz CT molecular complexity index is 1010. The number of hydrogen-bond donors (Lipinski definition) is 0. The monoisotopic (exact) mass is 369 g/mol. The summed E-state index contributed by atoms with van der Waals surface area (Å²) in [5, 5.41) is 1.79. The summed E-state index contributed by atoms with van der Waals surface area (Å²) in [5.41, 5.74) is 0.842. The third-order valence-electron chi connectivity index (χ3n) is 4.82. The minimum Gasteiger partial charge on any atom is -0.497 e. The molecule has 134 valence electrons. The van der Waals surface area contributed by atoms with E-state index in [9.17, 15) is 9.59 Å². The van der Waals surface area contributed by atoms with Gasteiger partial charge in [0.2, 0.25) is 0 Å². The number of fused-ring (bicyclic) bond motifs is 1. The fourth-order valence-electron chi connectivity index (χ4n) is 3.50. The minimum absolute atomic E-state index is 0.0612. The van der Waals surface area contributed by atoms with Gasteiger partial charge in [0.25, 0.3) is 11.5 Å². The molecular weight excluding hydrogens is 350 g/mol. The quantitative estimate of drug-likeness (QED) is 0.712. The van der Waals surface area contributed by atoms with Gasteiger partial charge in [0.05, 0.1) is 13.2 Å². The molecule has 1 aliphatic rings. The van der Waals surface area contributed by atoms with E-state index in [1.807, 2.05) is 24.3 Å². The average molecular weight is 369 g/mol. The van der Waals surface area contributed by atoms with E-state index in [0.717, 1.165) is 30.6 Å². The van der Waals surface area contributed by atoms with Crippen LogP contribution >= 0.6 is 11.3 Å². The molecule has 1 unspecified atom stereocenters. The Labute approximate surface area is 154 Å². The predicted octanol–water partition coefficient (Wildman–Crippen LogP) is 3.13. The van der Waals surface area contributed by atoms with Gasteiger partial charge in [0, 0.05) is 24.3 Å². The molecule has 0 N–H and O–H groups in total. The maximum Gasteiger partial charge on any atom is 0.271 e. The van der Waals surface area contributed by atoms with Crippen LogP contribution in [0.1, 0.15) is 41.2 Å². The van der Waals surface area contributed by atoms with Crippen LogP contribution in [0.4, 0.5) is 0 Å². The third kappa shape index (κ3) is 2.88. The molecule has 7 heteroatoms. The van der Waals surface area contributed by atoms with Gasteiger partial charge in [-0.25, -0.2) is 4.98 Å². The van der Waals surface area contributed by atoms with Crippen LogP contribution in [0.25, 0.3) is 4.96 Å². The lowest BCUT2D eigenvalue weighted by Crippen LogP contribution is -2.41. The normalized spacial score (nSPS) is 17.4. The van der Waals surface area contributed by atoms with Crippen molar-refractivity contribution in [2.45, 2.75) is 25.3 Å². The lowest BCUT2D eigenvalue weighted by molar-refractivity contribution is 0.0608. The van der Waals surface area contributed by atoms with Crippen molar-refractivity contribution in [3.63, 3.8) is 0 Å². The highest BCUT2D eigenvalue weighted by molar-refractivity contribution is 7.15. The molecule has 1 saturated heterocycles. The molecule has 26 heavy (non-hydrogen) atoms. The van der Waals surface area contributed by atoms with Crippen LogP contribution in [-0.4, -0.2) is 33.8 Å². The van der Waals surface area contributed by atoms with E-state index < -0.39 is 0 Å². The van der Waals surface area contributed by atoms with Gasteiger partial charge in [-0.3, -0.25) is 14.0 Å². The molecule has 1 aromatic carbocycles. The zero-order chi connectivity index (χ0) is 18.1. The van der Waals surface area contributed by atoms with Crippen LogP contribution in [0.2, 0.25) is 0 Å². The second-order valence-corrected chi connectivity index (χ2v) is 7.19. The molecule has 6 nitrogen and oxygen atoms in total. The van der Waals surface area contributed by atoms with Gasteiger partial charge in [-0.1, -0.05) is 12.1 Å². The number of rotatable bonds is 3. The van der Waals surface area contributed by atoms with E-state index in [-0.39, 0.29) is 23.1 Å². The summed E-state index contributed by atoms with van der Waals surface area (Å²) in [7, 11) is 1.63. The Balaban J connectivity index is 1.72. The van der Waals surface area contributed by atoms with Crippen LogP contribution < -0.4 is 10.3 Å². The molecule has 1 fully saturated rings. The number of nitrogens with zero attached hydrogens (tertiary/aromatic N) is 3. The van der Waals surface area contributed by atoms with E-state index in [4.69, 9.17) is 4.74 Å². The van der Waals surface area contributed by atoms with Gasteiger partial charge in [-0.2, -0.15) is 0 Å². The van der Waals surface area contributed by atoms with E-state index in [1.165, 1.54) is 21.9 Å². The summed E-state index contributed by atoms with van der Waals surface area (Å²) in [6.45, 7) is 0.631. The summed E-state index contributed by atoms with van der Waals surface area (Å²) >= 11 is 1.37. The van der Waals surface area contributed by atoms with Gasteiger partial charge >= 0.3 is 0 Å². The maximum atomic E-state index is 13.2. The molecule has 3 heterocycles. The second kappa shape index (κ2) is 6.92. The van der Waals surface area contributed by atoms with Crippen molar-refractivity contribution in [2.24, 2.45) is 0 Å². The zero-order valence-electron chi connectivity index (χ0n) is 14.4. The first-order valence-corrected chi connectivity index (χ1v) is 9.47. The highest BCUT2D eigenvalue weighted by Crippen LogP contribution is 2.33. The number of methoxy groups -OCH3 is 1. The Morgan fingerprint density at radius 1 is 1.35 bits per heavy atom. The van der Waals surface area contributed by atoms with E-state index in [2.05, 4.69) is 4.98 Å². The number of aromatic nitrogens is 2. The van der Waals surface area contributed by atoms with Gasteiger partial charge in [-0.05, 0) is 37.0 Å². The lowest BCUT2D eigenvalue weighted by Gasteiger charge is -2.36. The Hall–Kier alpha value is -2.67. The molecule has 0 bridgehead atoms. The van der Waals surface area contributed by atoms with Crippen LogP contribution in [0.15, 0.2) is 46.8 Å². The molecule has 0 aliphatic carbocycles. The highest BCUT2D eigenvalue weighted by Gasteiger charge is 2.30. The van der Waals surface area contributed by atoms with Crippen molar-refractivity contribution in [3.05, 3.63) is 63.5 Å². The number of ether oxygens (including phenoxy) is 1. The van der Waals surface area contributed by atoms with Crippen molar-refractivity contribution >= 4 is 22.2 Å². The lowest BCUT2D eigenvalue weighted by atomic mass is 9.94. The van der Waals surface area contributed by atoms with Crippen molar-refractivity contribution in [1.29, 1.82) is 0 Å². The summed E-state index contributed by atoms with van der Waals surface area (Å²) in [6, 6.07) is 7.72. The molecule has 0 saturated carbocycles. The number of likely N-dealkylation sites (tertiary alicyclic amines) is 1. The van der Waals surface area contributed by atoms with Gasteiger partial charge in [-0.15, -0.1) is 11.3 Å². The number of carbonyl (C=O) groups excluding carboxylic acids is 1. The molecule has 0 spiro atoms. The predicted molar refractivity (Wildman–Crippen MR) is 100.0 cm³/mol. The van der Waals surface area contributed by atoms with Crippen molar-refractivity contribution in [3.8, 4) is 5.75 Å². The van der Waals surface area contributed by atoms with Crippen LogP contribution in [-0.2, 0) is 0 Å². The Morgan fingerprint density at radius 2 is 2.23 bits per heavy atom. The molecule has 3 aromatic rings. The Kier molecular flexibility index (Phi) is 4.46. The molecule has 1 aliphatic heterocycles. The molecular formula is C19H19N3O3S. The van der Waals surface area contributed by atoms with Crippen molar-refractivity contribution in [2.75, 3.05) is 13.7 Å². The SMILES string of the molecule is COc1cccc(C2CCCCN2C(=O)c2cnc3sccn3c2=O)c1. The van der Waals surface area contributed by atoms with Gasteiger partial charge in [0.1, 0.15) is 11.3 Å². The summed E-state index contributed by atoms with van der Waals surface area (Å²) < 4.78 is 6.75. The van der Waals surface area contributed by atoms with Crippen LogP contribution in [0.3, 0.4) is 0 Å². The fourth-order valence-corrected chi connectivity index (χ4v) is 4.17. The van der Waals surface area contributed by atoms with Crippen LogP contribution in [0, 0.1) is 0 Å². The molecule has 1 amide bonds. The molecule has 0 radical (unpaired) electrons. The smallest absolute Gasteiger partial charge is 0.271 e. The number of carbonyl (C=O) groups is 1. The number of piperidine rings is 1. The molecule has 4 rings (SSSR count). The van der Waals surface area contributed by atoms with Crippen molar-refractivity contribution < 1.29 is 9.53 Å². The second-order valence-electron chi connectivity index (χ2n) is 6.32. The summed E-state index contributed by atoms with van der Waals surface area (Å²) in [5.74, 6) is 0.512. The van der Waals surface area contributed by atoms with E-state index in [1.54, 1.807) is 23.6 Å². The number of amides is 1. The first-order chi connectivity index (χ1) is 12.7. The topological polar surface area (TPSA) is 63.9 Å². The first kappa shape index (κ1) is 16.8. The van der Waals surface area contributed by atoms with E-state index in [0.29, 0.717) is 11.5 Å².